The molecular weight excluding hydrogens is 486 g/mol. The maximum atomic E-state index is 12.6. The Bertz CT molecular complexity index is 1180. The number of rotatable bonds is 8. The lowest BCUT2D eigenvalue weighted by atomic mass is 9.87. The van der Waals surface area contributed by atoms with E-state index in [0.29, 0.717) is 24.5 Å². The van der Waals surface area contributed by atoms with Gasteiger partial charge in [-0.15, -0.1) is 0 Å². The molecule has 2 aromatic carbocycles. The summed E-state index contributed by atoms with van der Waals surface area (Å²) in [5, 5.41) is 5.00. The average Bonchev–Trinajstić information content (AvgIpc) is 2.86. The molecule has 0 atom stereocenters. The summed E-state index contributed by atoms with van der Waals surface area (Å²) in [5.74, 6) is -1.79. The highest BCUT2D eigenvalue weighted by Gasteiger charge is 2.26. The number of amides is 2. The van der Waals surface area contributed by atoms with Gasteiger partial charge >= 0.3 is 5.97 Å². The lowest BCUT2D eigenvalue weighted by molar-refractivity contribution is -0.146. The largest absolute Gasteiger partial charge is 0.454 e. The number of hydrogen-bond donors (Lipinski definition) is 2. The number of benzene rings is 2. The smallest absolute Gasteiger partial charge is 0.325 e. The van der Waals surface area contributed by atoms with E-state index in [-0.39, 0.29) is 29.9 Å². The van der Waals surface area contributed by atoms with Gasteiger partial charge < -0.3 is 20.1 Å². The molecule has 0 saturated carbocycles. The zero-order chi connectivity index (χ0) is 26.3. The molecule has 36 heavy (non-hydrogen) atoms. The van der Waals surface area contributed by atoms with Gasteiger partial charge in [0.05, 0.1) is 18.1 Å². The van der Waals surface area contributed by atoms with Gasteiger partial charge in [0.15, 0.2) is 6.61 Å². The molecule has 3 rings (SSSR count). The molecular formula is C25H31N3O7S. The van der Waals surface area contributed by atoms with Crippen molar-refractivity contribution in [1.29, 1.82) is 0 Å². The predicted octanol–water partition coefficient (Wildman–Crippen LogP) is 1.92. The second-order valence-corrected chi connectivity index (χ2v) is 11.2. The quantitative estimate of drug-likeness (QED) is 0.512. The molecule has 1 aliphatic rings. The van der Waals surface area contributed by atoms with Crippen molar-refractivity contribution in [1.82, 2.24) is 9.62 Å². The summed E-state index contributed by atoms with van der Waals surface area (Å²) in [6.45, 7) is 6.54. The SMILES string of the molecule is CC(C)(C)c1ccc(C(=O)NCC(=O)OCC(=O)Nc2ccc(S(=O)(=O)N3CCOCC3)cc2)cc1. The van der Waals surface area contributed by atoms with Gasteiger partial charge in [0.1, 0.15) is 6.54 Å². The summed E-state index contributed by atoms with van der Waals surface area (Å²) in [7, 11) is -3.63. The number of hydrogen-bond acceptors (Lipinski definition) is 7. The molecule has 10 nitrogen and oxygen atoms in total. The number of morpholine rings is 1. The van der Waals surface area contributed by atoms with Gasteiger partial charge in [-0.25, -0.2) is 8.42 Å². The highest BCUT2D eigenvalue weighted by atomic mass is 32.2. The number of anilines is 1. The van der Waals surface area contributed by atoms with Crippen LogP contribution in [0.15, 0.2) is 53.4 Å². The Morgan fingerprint density at radius 2 is 1.58 bits per heavy atom. The van der Waals surface area contributed by atoms with Crippen molar-refractivity contribution in [3.63, 3.8) is 0 Å². The van der Waals surface area contributed by atoms with Gasteiger partial charge in [0, 0.05) is 24.3 Å². The maximum absolute atomic E-state index is 12.6. The maximum Gasteiger partial charge on any atom is 0.325 e. The predicted molar refractivity (Wildman–Crippen MR) is 133 cm³/mol. The van der Waals surface area contributed by atoms with Gasteiger partial charge in [-0.05, 0) is 47.4 Å². The van der Waals surface area contributed by atoms with Crippen LogP contribution in [0.5, 0.6) is 0 Å². The van der Waals surface area contributed by atoms with Gasteiger partial charge in [-0.1, -0.05) is 32.9 Å². The topological polar surface area (TPSA) is 131 Å². The van der Waals surface area contributed by atoms with E-state index in [4.69, 9.17) is 9.47 Å². The van der Waals surface area contributed by atoms with Gasteiger partial charge in [-0.3, -0.25) is 14.4 Å². The fraction of sp³-hybridized carbons (Fsp3) is 0.400. The number of nitrogens with zero attached hydrogens (tertiary/aromatic N) is 1. The Kier molecular flexibility index (Phi) is 8.83. The zero-order valence-electron chi connectivity index (χ0n) is 20.6. The molecule has 0 spiro atoms. The Morgan fingerprint density at radius 3 is 2.17 bits per heavy atom. The minimum atomic E-state index is -3.63. The van der Waals surface area contributed by atoms with Crippen LogP contribution in [0.25, 0.3) is 0 Å². The van der Waals surface area contributed by atoms with Crippen LogP contribution < -0.4 is 10.6 Å². The zero-order valence-corrected chi connectivity index (χ0v) is 21.4. The molecule has 194 valence electrons. The van der Waals surface area contributed by atoms with Crippen LogP contribution in [-0.2, 0) is 34.5 Å². The highest BCUT2D eigenvalue weighted by Crippen LogP contribution is 2.22. The van der Waals surface area contributed by atoms with Gasteiger partial charge in [0.25, 0.3) is 11.8 Å². The number of carbonyl (C=O) groups is 3. The Balaban J connectivity index is 1.42. The molecule has 2 N–H and O–H groups in total. The van der Waals surface area contributed by atoms with E-state index >= 15 is 0 Å². The minimum Gasteiger partial charge on any atom is -0.454 e. The van der Waals surface area contributed by atoms with Crippen molar-refractivity contribution in [3.8, 4) is 0 Å². The first-order chi connectivity index (χ1) is 17.0. The average molecular weight is 518 g/mol. The highest BCUT2D eigenvalue weighted by molar-refractivity contribution is 7.89. The molecule has 0 aromatic heterocycles. The van der Waals surface area contributed by atoms with E-state index in [2.05, 4.69) is 31.4 Å². The summed E-state index contributed by atoms with van der Waals surface area (Å²) >= 11 is 0. The first kappa shape index (κ1) is 27.3. The summed E-state index contributed by atoms with van der Waals surface area (Å²) in [4.78, 5) is 36.4. The van der Waals surface area contributed by atoms with Crippen LogP contribution in [0.4, 0.5) is 5.69 Å². The normalized spacial score (nSPS) is 14.6. The Labute approximate surface area is 211 Å². The van der Waals surface area contributed by atoms with E-state index in [1.54, 1.807) is 12.1 Å². The molecule has 0 aliphatic carbocycles. The summed E-state index contributed by atoms with van der Waals surface area (Å²) in [6, 6.07) is 12.8. The third-order valence-corrected chi connectivity index (χ3v) is 7.43. The number of esters is 1. The number of carbonyl (C=O) groups excluding carboxylic acids is 3. The molecule has 0 unspecified atom stereocenters. The molecule has 11 heteroatoms. The molecule has 1 aliphatic heterocycles. The van der Waals surface area contributed by atoms with E-state index in [1.807, 2.05) is 12.1 Å². The van der Waals surface area contributed by atoms with Crippen LogP contribution in [0, 0.1) is 0 Å². The van der Waals surface area contributed by atoms with Crippen LogP contribution in [0.1, 0.15) is 36.7 Å². The second-order valence-electron chi connectivity index (χ2n) is 9.26. The third kappa shape index (κ3) is 7.36. The van der Waals surface area contributed by atoms with E-state index < -0.39 is 34.4 Å². The molecule has 1 heterocycles. The molecule has 0 radical (unpaired) electrons. The first-order valence-corrected chi connectivity index (χ1v) is 12.9. The van der Waals surface area contributed by atoms with Crippen molar-refractivity contribution in [2.45, 2.75) is 31.1 Å². The number of sulfonamides is 1. The van der Waals surface area contributed by atoms with Crippen molar-refractivity contribution in [2.75, 3.05) is 44.8 Å². The van der Waals surface area contributed by atoms with Crippen molar-refractivity contribution in [2.24, 2.45) is 0 Å². The van der Waals surface area contributed by atoms with E-state index in [1.165, 1.54) is 28.6 Å². The molecule has 2 aromatic rings. The Morgan fingerprint density at radius 1 is 0.972 bits per heavy atom. The lowest BCUT2D eigenvalue weighted by Crippen LogP contribution is -2.40. The van der Waals surface area contributed by atoms with Crippen molar-refractivity contribution in [3.05, 3.63) is 59.7 Å². The van der Waals surface area contributed by atoms with Crippen LogP contribution in [-0.4, -0.2) is 70.0 Å². The fourth-order valence-electron chi connectivity index (χ4n) is 3.42. The first-order valence-electron chi connectivity index (χ1n) is 11.5. The lowest BCUT2D eigenvalue weighted by Gasteiger charge is -2.26. The van der Waals surface area contributed by atoms with E-state index in [9.17, 15) is 22.8 Å². The van der Waals surface area contributed by atoms with Crippen LogP contribution >= 0.6 is 0 Å². The van der Waals surface area contributed by atoms with Crippen LogP contribution in [0.2, 0.25) is 0 Å². The van der Waals surface area contributed by atoms with Crippen molar-refractivity contribution >= 4 is 33.5 Å². The van der Waals surface area contributed by atoms with Crippen molar-refractivity contribution < 1.29 is 32.3 Å². The minimum absolute atomic E-state index is 0.0396. The standard InChI is InChI=1S/C25H31N3O7S/c1-25(2,3)19-6-4-18(5-7-19)24(31)26-16-23(30)35-17-22(29)27-20-8-10-21(11-9-20)36(32,33)28-12-14-34-15-13-28/h4-11H,12-17H2,1-3H3,(H,26,31)(H,27,29). The summed E-state index contributed by atoms with van der Waals surface area (Å²) < 4.78 is 36.7. The third-order valence-electron chi connectivity index (χ3n) is 5.52. The van der Waals surface area contributed by atoms with Crippen LogP contribution in [0.3, 0.4) is 0 Å². The monoisotopic (exact) mass is 517 g/mol. The number of ether oxygens (including phenoxy) is 2. The molecule has 1 saturated heterocycles. The van der Waals surface area contributed by atoms with E-state index in [0.717, 1.165) is 5.56 Å². The summed E-state index contributed by atoms with van der Waals surface area (Å²) in [6.07, 6.45) is 0. The number of nitrogens with one attached hydrogen (secondary N) is 2. The second kappa shape index (κ2) is 11.6. The molecule has 1 fully saturated rings. The molecule has 2 amide bonds. The summed E-state index contributed by atoms with van der Waals surface area (Å²) in [5.41, 5.74) is 1.80. The Hall–Kier alpha value is -3.28. The molecule has 0 bridgehead atoms. The van der Waals surface area contributed by atoms with Gasteiger partial charge in [0.2, 0.25) is 10.0 Å². The van der Waals surface area contributed by atoms with Gasteiger partial charge in [-0.2, -0.15) is 4.31 Å². The fourth-order valence-corrected chi connectivity index (χ4v) is 4.82.